The molecule has 5 nitrogen and oxygen atoms in total. The molecule has 1 amide bonds. The molecule has 2 N–H and O–H groups in total. The van der Waals surface area contributed by atoms with Gasteiger partial charge >= 0.3 is 6.09 Å². The monoisotopic (exact) mass is 297 g/mol. The van der Waals surface area contributed by atoms with E-state index in [4.69, 9.17) is 10.5 Å². The number of nitrogens with two attached hydrogens (primary N) is 1. The van der Waals surface area contributed by atoms with Crippen molar-refractivity contribution in [3.63, 3.8) is 0 Å². The second kappa shape index (κ2) is 6.97. The zero-order chi connectivity index (χ0) is 15.5. The van der Waals surface area contributed by atoms with Crippen LogP contribution in [0.4, 0.5) is 4.79 Å². The Bertz CT molecular complexity index is 348. The lowest BCUT2D eigenvalue weighted by atomic mass is 10.0. The highest BCUT2D eigenvalue weighted by atomic mass is 16.6. The molecule has 1 atom stereocenters. The van der Waals surface area contributed by atoms with E-state index in [0.717, 1.165) is 38.9 Å². The molecule has 1 saturated carbocycles. The lowest BCUT2D eigenvalue weighted by molar-refractivity contribution is 0.0142. The quantitative estimate of drug-likeness (QED) is 0.845. The van der Waals surface area contributed by atoms with Crippen molar-refractivity contribution in [1.82, 2.24) is 9.80 Å². The first-order valence-electron chi connectivity index (χ1n) is 8.34. The Hall–Kier alpha value is -0.810. The maximum absolute atomic E-state index is 12.4. The SMILES string of the molecule is CC(C)(C)OC(=O)N(C[C@@H]1CCCCN1CCN)C1CC1. The molecule has 0 bridgehead atoms. The van der Waals surface area contributed by atoms with Gasteiger partial charge in [0.15, 0.2) is 0 Å². The van der Waals surface area contributed by atoms with Crippen molar-refractivity contribution < 1.29 is 9.53 Å². The predicted octanol–water partition coefficient (Wildman–Crippen LogP) is 2.20. The molecule has 0 aromatic carbocycles. The van der Waals surface area contributed by atoms with Crippen molar-refractivity contribution >= 4 is 6.09 Å². The Balaban J connectivity index is 1.96. The highest BCUT2D eigenvalue weighted by Gasteiger charge is 2.37. The van der Waals surface area contributed by atoms with Gasteiger partial charge in [-0.2, -0.15) is 0 Å². The van der Waals surface area contributed by atoms with Gasteiger partial charge in [0.05, 0.1) is 0 Å². The molecule has 5 heteroatoms. The van der Waals surface area contributed by atoms with Gasteiger partial charge in [-0.15, -0.1) is 0 Å². The normalized spacial score (nSPS) is 23.9. The average molecular weight is 297 g/mol. The first-order chi connectivity index (χ1) is 9.90. The number of ether oxygens (including phenoxy) is 1. The fraction of sp³-hybridized carbons (Fsp3) is 0.938. The molecular weight excluding hydrogens is 266 g/mol. The van der Waals surface area contributed by atoms with Crippen LogP contribution in [-0.4, -0.2) is 59.8 Å². The molecule has 1 aliphatic heterocycles. The number of hydrogen-bond donors (Lipinski definition) is 1. The van der Waals surface area contributed by atoms with Crippen LogP contribution in [0.25, 0.3) is 0 Å². The Morgan fingerprint density at radius 1 is 1.29 bits per heavy atom. The molecule has 1 aliphatic carbocycles. The number of carbonyl (C=O) groups excluding carboxylic acids is 1. The van der Waals surface area contributed by atoms with Crippen LogP contribution in [0.1, 0.15) is 52.9 Å². The molecule has 122 valence electrons. The summed E-state index contributed by atoms with van der Waals surface area (Å²) < 4.78 is 5.58. The van der Waals surface area contributed by atoms with E-state index >= 15 is 0 Å². The third kappa shape index (κ3) is 5.15. The third-order valence-corrected chi connectivity index (χ3v) is 4.19. The second-order valence-corrected chi connectivity index (χ2v) is 7.34. The van der Waals surface area contributed by atoms with Crippen LogP contribution in [0, 0.1) is 0 Å². The van der Waals surface area contributed by atoms with Crippen LogP contribution < -0.4 is 5.73 Å². The van der Waals surface area contributed by atoms with E-state index in [1.54, 1.807) is 0 Å². The zero-order valence-electron chi connectivity index (χ0n) is 13.8. The Morgan fingerprint density at radius 2 is 2.00 bits per heavy atom. The van der Waals surface area contributed by atoms with Gasteiger partial charge in [-0.25, -0.2) is 4.79 Å². The third-order valence-electron chi connectivity index (χ3n) is 4.19. The number of nitrogens with zero attached hydrogens (tertiary/aromatic N) is 2. The maximum atomic E-state index is 12.4. The van der Waals surface area contributed by atoms with Crippen molar-refractivity contribution in [2.45, 2.75) is 70.6 Å². The molecule has 1 saturated heterocycles. The summed E-state index contributed by atoms with van der Waals surface area (Å²) in [5.41, 5.74) is 5.30. The molecule has 0 aromatic heterocycles. The van der Waals surface area contributed by atoms with Gasteiger partial charge < -0.3 is 15.4 Å². The molecule has 0 aromatic rings. The second-order valence-electron chi connectivity index (χ2n) is 7.34. The predicted molar refractivity (Wildman–Crippen MR) is 84.2 cm³/mol. The minimum Gasteiger partial charge on any atom is -0.444 e. The van der Waals surface area contributed by atoms with Gasteiger partial charge in [-0.1, -0.05) is 6.42 Å². The lowest BCUT2D eigenvalue weighted by Crippen LogP contribution is -2.51. The van der Waals surface area contributed by atoms with Gasteiger partial charge in [0.2, 0.25) is 0 Å². The minimum absolute atomic E-state index is 0.150. The first kappa shape index (κ1) is 16.6. The van der Waals surface area contributed by atoms with Crippen molar-refractivity contribution in [3.8, 4) is 0 Å². The van der Waals surface area contributed by atoms with Crippen LogP contribution in [0.15, 0.2) is 0 Å². The van der Waals surface area contributed by atoms with E-state index in [1.807, 2.05) is 25.7 Å². The number of amides is 1. The van der Waals surface area contributed by atoms with Crippen molar-refractivity contribution in [2.24, 2.45) is 5.73 Å². The van der Waals surface area contributed by atoms with Gasteiger partial charge in [0.1, 0.15) is 5.60 Å². The Labute approximate surface area is 128 Å². The summed E-state index contributed by atoms with van der Waals surface area (Å²) in [6, 6.07) is 0.830. The van der Waals surface area contributed by atoms with Crippen LogP contribution in [0.2, 0.25) is 0 Å². The molecule has 2 aliphatic rings. The number of hydrogen-bond acceptors (Lipinski definition) is 4. The van der Waals surface area contributed by atoms with Crippen molar-refractivity contribution in [3.05, 3.63) is 0 Å². The van der Waals surface area contributed by atoms with Gasteiger partial charge in [0.25, 0.3) is 0 Å². The summed E-state index contributed by atoms with van der Waals surface area (Å²) in [6.45, 7) is 9.30. The number of rotatable bonds is 5. The fourth-order valence-electron chi connectivity index (χ4n) is 3.03. The van der Waals surface area contributed by atoms with Crippen LogP contribution in [-0.2, 0) is 4.74 Å². The molecule has 0 spiro atoms. The summed E-state index contributed by atoms with van der Waals surface area (Å²) in [5.74, 6) is 0. The standard InChI is InChI=1S/C16H31N3O2/c1-16(2,3)21-15(20)19(13-7-8-13)12-14-6-4-5-10-18(14)11-9-17/h13-14H,4-12,17H2,1-3H3/t14-/m0/s1. The summed E-state index contributed by atoms with van der Waals surface area (Å²) in [7, 11) is 0. The van der Waals surface area contributed by atoms with E-state index in [0.29, 0.717) is 18.6 Å². The highest BCUT2D eigenvalue weighted by Crippen LogP contribution is 2.30. The number of piperidine rings is 1. The topological polar surface area (TPSA) is 58.8 Å². The van der Waals surface area contributed by atoms with Crippen LogP contribution >= 0.6 is 0 Å². The number of carbonyl (C=O) groups is 1. The molecule has 21 heavy (non-hydrogen) atoms. The lowest BCUT2D eigenvalue weighted by Gasteiger charge is -2.39. The highest BCUT2D eigenvalue weighted by molar-refractivity contribution is 5.69. The summed E-state index contributed by atoms with van der Waals surface area (Å²) in [6.07, 6.45) is 5.73. The molecular formula is C16H31N3O2. The van der Waals surface area contributed by atoms with Crippen LogP contribution in [0.3, 0.4) is 0 Å². The van der Waals surface area contributed by atoms with Crippen LogP contribution in [0.5, 0.6) is 0 Å². The summed E-state index contributed by atoms with van der Waals surface area (Å²) in [4.78, 5) is 16.8. The smallest absolute Gasteiger partial charge is 0.410 e. The Kier molecular flexibility index (Phi) is 5.49. The zero-order valence-corrected chi connectivity index (χ0v) is 13.8. The van der Waals surface area contributed by atoms with E-state index in [9.17, 15) is 4.79 Å². The maximum Gasteiger partial charge on any atom is 0.410 e. The number of likely N-dealkylation sites (tertiary alicyclic amines) is 1. The van der Waals surface area contributed by atoms with Gasteiger partial charge in [-0.05, 0) is 53.0 Å². The summed E-state index contributed by atoms with van der Waals surface area (Å²) >= 11 is 0. The van der Waals surface area contributed by atoms with Crippen molar-refractivity contribution in [2.75, 3.05) is 26.2 Å². The average Bonchev–Trinajstić information content (AvgIpc) is 3.20. The molecule has 1 heterocycles. The Morgan fingerprint density at radius 3 is 2.57 bits per heavy atom. The summed E-state index contributed by atoms with van der Waals surface area (Å²) in [5, 5.41) is 0. The molecule has 2 fully saturated rings. The van der Waals surface area contributed by atoms with Crippen molar-refractivity contribution in [1.29, 1.82) is 0 Å². The fourth-order valence-corrected chi connectivity index (χ4v) is 3.03. The largest absolute Gasteiger partial charge is 0.444 e. The van der Waals surface area contributed by atoms with E-state index in [1.165, 1.54) is 12.8 Å². The molecule has 0 unspecified atom stereocenters. The molecule has 2 rings (SSSR count). The van der Waals surface area contributed by atoms with E-state index in [-0.39, 0.29) is 6.09 Å². The minimum atomic E-state index is -0.423. The van der Waals surface area contributed by atoms with Gasteiger partial charge in [0, 0.05) is 31.7 Å². The van der Waals surface area contributed by atoms with E-state index < -0.39 is 5.60 Å². The van der Waals surface area contributed by atoms with E-state index in [2.05, 4.69) is 4.90 Å². The first-order valence-corrected chi connectivity index (χ1v) is 8.34. The van der Waals surface area contributed by atoms with Gasteiger partial charge in [-0.3, -0.25) is 4.90 Å². The molecule has 0 radical (unpaired) electrons.